The van der Waals surface area contributed by atoms with Crippen LogP contribution in [0.4, 0.5) is 0 Å². The van der Waals surface area contributed by atoms with Gasteiger partial charge in [-0.05, 0) is 57.0 Å². The monoisotopic (exact) mass is 471 g/mol. The first-order valence-electron chi connectivity index (χ1n) is 11.9. The summed E-state index contributed by atoms with van der Waals surface area (Å²) < 4.78 is 27.8. The van der Waals surface area contributed by atoms with Crippen LogP contribution in [0.25, 0.3) is 0 Å². The minimum atomic E-state index is -3.54. The first kappa shape index (κ1) is 25.4. The predicted molar refractivity (Wildman–Crippen MR) is 133 cm³/mol. The molecule has 0 spiro atoms. The number of piperidine rings is 1. The van der Waals surface area contributed by atoms with Gasteiger partial charge in [0.15, 0.2) is 0 Å². The van der Waals surface area contributed by atoms with Crippen molar-refractivity contribution in [1.29, 1.82) is 0 Å². The molecule has 0 aliphatic carbocycles. The Labute approximate surface area is 199 Å². The molecule has 1 aliphatic heterocycles. The lowest BCUT2D eigenvalue weighted by Gasteiger charge is -2.33. The standard InChI is InChI=1S/C26H37N3O3S/c1-5-28(6-2)24(22-10-8-7-9-11-22)19-27-26(30)23-14-16-29(17-15-23)33(31,32)25-13-12-20(3)18-21(25)4/h7-13,18,23-24H,5-6,14-17,19H2,1-4H3,(H,27,30). The molecule has 33 heavy (non-hydrogen) atoms. The lowest BCUT2D eigenvalue weighted by molar-refractivity contribution is -0.126. The lowest BCUT2D eigenvalue weighted by Crippen LogP contribution is -2.45. The first-order valence-corrected chi connectivity index (χ1v) is 13.4. The molecule has 0 radical (unpaired) electrons. The van der Waals surface area contributed by atoms with Gasteiger partial charge in [-0.25, -0.2) is 8.42 Å². The Balaban J connectivity index is 1.60. The third kappa shape index (κ3) is 6.02. The number of sulfonamides is 1. The minimum Gasteiger partial charge on any atom is -0.354 e. The van der Waals surface area contributed by atoms with Crippen LogP contribution in [0.2, 0.25) is 0 Å². The van der Waals surface area contributed by atoms with Crippen LogP contribution in [-0.2, 0) is 14.8 Å². The predicted octanol–water partition coefficient (Wildman–Crippen LogP) is 3.90. The Morgan fingerprint density at radius 2 is 1.70 bits per heavy atom. The van der Waals surface area contributed by atoms with E-state index in [2.05, 4.69) is 36.2 Å². The van der Waals surface area contributed by atoms with Crippen molar-refractivity contribution < 1.29 is 13.2 Å². The normalized spacial score (nSPS) is 16.6. The van der Waals surface area contributed by atoms with Crippen LogP contribution in [0.5, 0.6) is 0 Å². The molecule has 2 aromatic rings. The number of hydrogen-bond acceptors (Lipinski definition) is 4. The molecule has 1 N–H and O–H groups in total. The number of carbonyl (C=O) groups excluding carboxylic acids is 1. The van der Waals surface area contributed by atoms with Crippen LogP contribution in [0.3, 0.4) is 0 Å². The number of hydrogen-bond donors (Lipinski definition) is 1. The van der Waals surface area contributed by atoms with E-state index in [1.807, 2.05) is 44.2 Å². The second kappa shape index (κ2) is 11.3. The summed E-state index contributed by atoms with van der Waals surface area (Å²) in [5.41, 5.74) is 2.99. The van der Waals surface area contributed by atoms with Crippen molar-refractivity contribution in [2.75, 3.05) is 32.7 Å². The van der Waals surface area contributed by atoms with E-state index in [4.69, 9.17) is 0 Å². The van der Waals surface area contributed by atoms with Gasteiger partial charge in [-0.2, -0.15) is 4.31 Å². The molecule has 6 nitrogen and oxygen atoms in total. The number of rotatable bonds is 9. The average molecular weight is 472 g/mol. The molecule has 1 saturated heterocycles. The van der Waals surface area contributed by atoms with Gasteiger partial charge in [0.1, 0.15) is 0 Å². The third-order valence-electron chi connectivity index (χ3n) is 6.68. The molecular weight excluding hydrogens is 434 g/mol. The van der Waals surface area contributed by atoms with E-state index in [0.29, 0.717) is 37.4 Å². The Hall–Kier alpha value is -2.22. The highest BCUT2D eigenvalue weighted by Gasteiger charge is 2.33. The fourth-order valence-corrected chi connectivity index (χ4v) is 6.40. The Kier molecular flexibility index (Phi) is 8.68. The molecule has 180 valence electrons. The highest BCUT2D eigenvalue weighted by atomic mass is 32.2. The fourth-order valence-electron chi connectivity index (χ4n) is 4.73. The molecule has 2 aromatic carbocycles. The number of nitrogens with one attached hydrogen (secondary N) is 1. The van der Waals surface area contributed by atoms with Gasteiger partial charge in [0.05, 0.1) is 10.9 Å². The summed E-state index contributed by atoms with van der Waals surface area (Å²) in [7, 11) is -3.54. The molecule has 1 amide bonds. The molecule has 3 rings (SSSR count). The van der Waals surface area contributed by atoms with Gasteiger partial charge < -0.3 is 5.32 Å². The topological polar surface area (TPSA) is 69.7 Å². The van der Waals surface area contributed by atoms with Crippen molar-refractivity contribution in [3.05, 3.63) is 65.2 Å². The van der Waals surface area contributed by atoms with E-state index in [1.165, 1.54) is 9.87 Å². The maximum Gasteiger partial charge on any atom is 0.243 e. The van der Waals surface area contributed by atoms with Crippen LogP contribution in [0, 0.1) is 19.8 Å². The summed E-state index contributed by atoms with van der Waals surface area (Å²) in [4.78, 5) is 15.7. The van der Waals surface area contributed by atoms with Crippen LogP contribution in [0.1, 0.15) is 49.4 Å². The average Bonchev–Trinajstić information content (AvgIpc) is 2.82. The van der Waals surface area contributed by atoms with Crippen LogP contribution in [0.15, 0.2) is 53.4 Å². The number of likely N-dealkylation sites (N-methyl/N-ethyl adjacent to an activating group) is 1. The van der Waals surface area contributed by atoms with Crippen molar-refractivity contribution in [1.82, 2.24) is 14.5 Å². The smallest absolute Gasteiger partial charge is 0.243 e. The van der Waals surface area contributed by atoms with Crippen molar-refractivity contribution in [2.24, 2.45) is 5.92 Å². The molecule has 0 aromatic heterocycles. The molecule has 1 aliphatic rings. The summed E-state index contributed by atoms with van der Waals surface area (Å²) in [5.74, 6) is -0.143. The van der Waals surface area contributed by atoms with Crippen molar-refractivity contribution in [3.63, 3.8) is 0 Å². The van der Waals surface area contributed by atoms with E-state index in [1.54, 1.807) is 6.07 Å². The largest absolute Gasteiger partial charge is 0.354 e. The Morgan fingerprint density at radius 3 is 2.27 bits per heavy atom. The van der Waals surface area contributed by atoms with Crippen molar-refractivity contribution in [3.8, 4) is 0 Å². The summed E-state index contributed by atoms with van der Waals surface area (Å²) >= 11 is 0. The summed E-state index contributed by atoms with van der Waals surface area (Å²) in [6.07, 6.45) is 1.08. The number of carbonyl (C=O) groups is 1. The van der Waals surface area contributed by atoms with E-state index >= 15 is 0 Å². The molecule has 1 heterocycles. The molecule has 0 saturated carbocycles. The zero-order chi connectivity index (χ0) is 24.0. The van der Waals surface area contributed by atoms with Gasteiger partial charge in [-0.3, -0.25) is 9.69 Å². The molecule has 1 atom stereocenters. The summed E-state index contributed by atoms with van der Waals surface area (Å²) in [6.45, 7) is 11.1. The van der Waals surface area contributed by atoms with Gasteiger partial charge >= 0.3 is 0 Å². The van der Waals surface area contributed by atoms with Gasteiger partial charge in [0, 0.05) is 25.6 Å². The second-order valence-electron chi connectivity index (χ2n) is 8.84. The van der Waals surface area contributed by atoms with Crippen LogP contribution in [-0.4, -0.2) is 56.3 Å². The number of benzene rings is 2. The number of amides is 1. The lowest BCUT2D eigenvalue weighted by atomic mass is 9.97. The maximum atomic E-state index is 13.1. The van der Waals surface area contributed by atoms with Gasteiger partial charge in [0.25, 0.3) is 0 Å². The Morgan fingerprint density at radius 1 is 1.06 bits per heavy atom. The number of nitrogens with zero attached hydrogens (tertiary/aromatic N) is 2. The van der Waals surface area contributed by atoms with Crippen molar-refractivity contribution in [2.45, 2.75) is 51.5 Å². The minimum absolute atomic E-state index is 0.0200. The molecule has 1 unspecified atom stereocenters. The highest BCUT2D eigenvalue weighted by molar-refractivity contribution is 7.89. The highest BCUT2D eigenvalue weighted by Crippen LogP contribution is 2.27. The van der Waals surface area contributed by atoms with Crippen LogP contribution >= 0.6 is 0 Å². The Bertz CT molecular complexity index is 1030. The zero-order valence-corrected chi connectivity index (χ0v) is 21.1. The summed E-state index contributed by atoms with van der Waals surface area (Å²) in [5, 5.41) is 3.15. The molecule has 7 heteroatoms. The zero-order valence-electron chi connectivity index (χ0n) is 20.3. The second-order valence-corrected chi connectivity index (χ2v) is 10.7. The van der Waals surface area contributed by atoms with E-state index in [0.717, 1.165) is 24.2 Å². The van der Waals surface area contributed by atoms with Gasteiger partial charge in [-0.1, -0.05) is 61.9 Å². The SMILES string of the molecule is CCN(CC)C(CNC(=O)C1CCN(S(=O)(=O)c2ccc(C)cc2C)CC1)c1ccccc1. The summed E-state index contributed by atoms with van der Waals surface area (Å²) in [6, 6.07) is 15.8. The van der Waals surface area contributed by atoms with E-state index in [-0.39, 0.29) is 17.9 Å². The van der Waals surface area contributed by atoms with E-state index < -0.39 is 10.0 Å². The fraction of sp³-hybridized carbons (Fsp3) is 0.500. The van der Waals surface area contributed by atoms with Crippen molar-refractivity contribution >= 4 is 15.9 Å². The quantitative estimate of drug-likeness (QED) is 0.602. The molecule has 1 fully saturated rings. The molecule has 0 bridgehead atoms. The number of aryl methyl sites for hydroxylation is 2. The maximum absolute atomic E-state index is 13.1. The third-order valence-corrected chi connectivity index (χ3v) is 8.74. The first-order chi connectivity index (χ1) is 15.8. The van der Waals surface area contributed by atoms with Crippen LogP contribution < -0.4 is 5.32 Å². The molecular formula is C26H37N3O3S. The van der Waals surface area contributed by atoms with Gasteiger partial charge in [0.2, 0.25) is 15.9 Å². The van der Waals surface area contributed by atoms with E-state index in [9.17, 15) is 13.2 Å². The van der Waals surface area contributed by atoms with Gasteiger partial charge in [-0.15, -0.1) is 0 Å².